The predicted octanol–water partition coefficient (Wildman–Crippen LogP) is 5.20. The minimum atomic E-state index is -0.965. The van der Waals surface area contributed by atoms with Crippen LogP contribution >= 0.6 is 0 Å². The number of aliphatic hydroxyl groups excluding tert-OH is 1. The lowest BCUT2D eigenvalue weighted by Gasteiger charge is -2.49. The Morgan fingerprint density at radius 1 is 1.15 bits per heavy atom. The van der Waals surface area contributed by atoms with Gasteiger partial charge >= 0.3 is 5.97 Å². The summed E-state index contributed by atoms with van der Waals surface area (Å²) in [6.07, 6.45) is 7.72. The van der Waals surface area contributed by atoms with E-state index in [9.17, 15) is 15.0 Å². The van der Waals surface area contributed by atoms with Crippen LogP contribution in [-0.2, 0) is 11.3 Å². The molecule has 4 fully saturated rings. The molecule has 1 aromatic carbocycles. The molecule has 2 bridgehead atoms. The normalized spacial score (nSPS) is 38.1. The Kier molecular flexibility index (Phi) is 6.43. The highest BCUT2D eigenvalue weighted by atomic mass is 19.1. The van der Waals surface area contributed by atoms with E-state index in [4.69, 9.17) is 4.74 Å². The number of aliphatic carboxylic acids is 1. The number of carbonyl (C=O) groups is 1. The summed E-state index contributed by atoms with van der Waals surface area (Å²) < 4.78 is 21.8. The zero-order chi connectivity index (χ0) is 24.2. The van der Waals surface area contributed by atoms with Crippen LogP contribution < -0.4 is 4.74 Å². The van der Waals surface area contributed by atoms with E-state index in [0.29, 0.717) is 23.8 Å². The van der Waals surface area contributed by atoms with E-state index >= 15 is 4.39 Å². The average Bonchev–Trinajstić information content (AvgIpc) is 3.53. The second-order valence-corrected chi connectivity index (χ2v) is 12.3. The fourth-order valence-corrected chi connectivity index (χ4v) is 7.72. The largest absolute Gasteiger partial charge is 0.493 e. The van der Waals surface area contributed by atoms with Gasteiger partial charge in [0.15, 0.2) is 0 Å². The molecule has 3 saturated carbocycles. The van der Waals surface area contributed by atoms with Gasteiger partial charge in [-0.3, -0.25) is 9.69 Å². The van der Waals surface area contributed by atoms with Crippen LogP contribution in [0.5, 0.6) is 5.75 Å². The molecular weight excluding hydrogens is 433 g/mol. The minimum Gasteiger partial charge on any atom is -0.493 e. The number of hydrogen-bond acceptors (Lipinski definition) is 4. The van der Waals surface area contributed by atoms with Gasteiger partial charge < -0.3 is 14.9 Å². The van der Waals surface area contributed by atoms with E-state index in [1.165, 1.54) is 32.1 Å². The molecule has 4 aliphatic rings. The molecular formula is C28H40FNO4. The number of fused-ring (bicyclic) bond motifs is 2. The van der Waals surface area contributed by atoms with Gasteiger partial charge in [0.25, 0.3) is 0 Å². The minimum absolute atomic E-state index is 0.185. The van der Waals surface area contributed by atoms with Crippen molar-refractivity contribution < 1.29 is 24.1 Å². The van der Waals surface area contributed by atoms with Crippen molar-refractivity contribution in [2.24, 2.45) is 29.1 Å². The number of hydrogen-bond donors (Lipinski definition) is 2. The van der Waals surface area contributed by atoms with Crippen molar-refractivity contribution in [3.8, 4) is 5.75 Å². The standard InChI is InChI=1S/C28H40FNO4/c1-16-6-19-7-17(2)11-28(10-16,12-19)15-34-25-9-23(29)21(8-22(25)20-4-5-20)13-30-14-24(31)18(3)26(30)27(32)33/h8-9,16-20,24,26,31H,4-7,10-15H2,1-3H3,(H,32,33)/t16?,17?,18-,19?,24+,26-,28?/m0/s1. The summed E-state index contributed by atoms with van der Waals surface area (Å²) in [6.45, 7) is 7.56. The lowest BCUT2D eigenvalue weighted by atomic mass is 9.57. The maximum Gasteiger partial charge on any atom is 0.321 e. The lowest BCUT2D eigenvalue weighted by Crippen LogP contribution is -2.43. The van der Waals surface area contributed by atoms with Crippen LogP contribution in [0.2, 0.25) is 0 Å². The molecule has 5 atom stereocenters. The number of likely N-dealkylation sites (tertiary alicyclic amines) is 1. The Morgan fingerprint density at radius 2 is 1.82 bits per heavy atom. The highest BCUT2D eigenvalue weighted by Gasteiger charge is 2.45. The van der Waals surface area contributed by atoms with Crippen LogP contribution in [0.4, 0.5) is 4.39 Å². The predicted molar refractivity (Wildman–Crippen MR) is 128 cm³/mol. The topological polar surface area (TPSA) is 70.0 Å². The van der Waals surface area contributed by atoms with Gasteiger partial charge in [-0.2, -0.15) is 0 Å². The maximum absolute atomic E-state index is 15.3. The van der Waals surface area contributed by atoms with Gasteiger partial charge in [0, 0.05) is 36.1 Å². The first-order valence-electron chi connectivity index (χ1n) is 13.2. The third-order valence-corrected chi connectivity index (χ3v) is 9.03. The molecule has 1 aromatic rings. The molecule has 1 saturated heterocycles. The van der Waals surface area contributed by atoms with Crippen LogP contribution in [0.1, 0.15) is 82.8 Å². The molecule has 5 nitrogen and oxygen atoms in total. The molecule has 0 aromatic heterocycles. The number of ether oxygens (including phenoxy) is 1. The van der Waals surface area contributed by atoms with E-state index in [0.717, 1.165) is 36.2 Å². The third kappa shape index (κ3) is 4.73. The zero-order valence-corrected chi connectivity index (χ0v) is 20.8. The van der Waals surface area contributed by atoms with Crippen LogP contribution in [0.25, 0.3) is 0 Å². The molecule has 0 radical (unpaired) electrons. The van der Waals surface area contributed by atoms with Gasteiger partial charge in [-0.15, -0.1) is 0 Å². The van der Waals surface area contributed by atoms with E-state index in [1.807, 2.05) is 6.07 Å². The molecule has 3 aliphatic carbocycles. The molecule has 2 unspecified atom stereocenters. The molecule has 2 N–H and O–H groups in total. The lowest BCUT2D eigenvalue weighted by molar-refractivity contribution is -0.143. The molecule has 34 heavy (non-hydrogen) atoms. The van der Waals surface area contributed by atoms with E-state index < -0.39 is 18.1 Å². The zero-order valence-electron chi connectivity index (χ0n) is 20.8. The van der Waals surface area contributed by atoms with Crippen molar-refractivity contribution >= 4 is 5.97 Å². The highest BCUT2D eigenvalue weighted by molar-refractivity contribution is 5.74. The molecule has 0 amide bonds. The highest BCUT2D eigenvalue weighted by Crippen LogP contribution is 2.53. The second-order valence-electron chi connectivity index (χ2n) is 12.3. The van der Waals surface area contributed by atoms with Crippen molar-refractivity contribution in [1.29, 1.82) is 0 Å². The molecule has 1 aliphatic heterocycles. The second kappa shape index (κ2) is 9.09. The van der Waals surface area contributed by atoms with E-state index in [1.54, 1.807) is 17.9 Å². The quantitative estimate of drug-likeness (QED) is 0.570. The summed E-state index contributed by atoms with van der Waals surface area (Å²) in [5, 5.41) is 19.9. The van der Waals surface area contributed by atoms with E-state index in [2.05, 4.69) is 13.8 Å². The number of carboxylic acids is 1. The van der Waals surface area contributed by atoms with Crippen LogP contribution in [-0.4, -0.2) is 46.4 Å². The summed E-state index contributed by atoms with van der Waals surface area (Å²) in [6, 6.07) is 2.65. The Hall–Kier alpha value is -1.66. The van der Waals surface area contributed by atoms with Crippen molar-refractivity contribution in [1.82, 2.24) is 4.90 Å². The summed E-state index contributed by atoms with van der Waals surface area (Å²) in [5.41, 5.74) is 1.77. The van der Waals surface area contributed by atoms with Crippen LogP contribution in [0.15, 0.2) is 12.1 Å². The van der Waals surface area contributed by atoms with Gasteiger partial charge in [-0.05, 0) is 80.2 Å². The number of carboxylic acid groups (broad SMARTS) is 1. The number of β-amino-alcohol motifs (C(OH)–C–C–N with tert-alkyl or cyclic N) is 1. The first-order valence-corrected chi connectivity index (χ1v) is 13.2. The Morgan fingerprint density at radius 3 is 2.44 bits per heavy atom. The Labute approximate surface area is 202 Å². The van der Waals surface area contributed by atoms with Gasteiger partial charge in [0.05, 0.1) is 12.7 Å². The van der Waals surface area contributed by atoms with Gasteiger partial charge in [-0.1, -0.05) is 20.8 Å². The summed E-state index contributed by atoms with van der Waals surface area (Å²) in [4.78, 5) is 13.5. The SMILES string of the molecule is CC1CC2CC(C)CC(COc3cc(F)c(CN4C[C@@H](O)[C@H](C)[C@H]4C(=O)O)cc3C3CC3)(C1)C2. The maximum atomic E-state index is 15.3. The average molecular weight is 474 g/mol. The number of nitrogens with zero attached hydrogens (tertiary/aromatic N) is 1. The Balaban J connectivity index is 1.35. The fourth-order valence-electron chi connectivity index (χ4n) is 7.72. The van der Waals surface area contributed by atoms with E-state index in [-0.39, 0.29) is 30.2 Å². The summed E-state index contributed by atoms with van der Waals surface area (Å²) in [7, 11) is 0. The number of aliphatic hydroxyl groups is 1. The summed E-state index contributed by atoms with van der Waals surface area (Å²) >= 11 is 0. The van der Waals surface area contributed by atoms with Crippen LogP contribution in [0, 0.1) is 34.9 Å². The van der Waals surface area contributed by atoms with Crippen molar-refractivity contribution in [3.63, 3.8) is 0 Å². The smallest absolute Gasteiger partial charge is 0.321 e. The monoisotopic (exact) mass is 473 g/mol. The number of halogens is 1. The molecule has 5 rings (SSSR count). The molecule has 6 heteroatoms. The Bertz CT molecular complexity index is 912. The van der Waals surface area contributed by atoms with Gasteiger partial charge in [0.1, 0.15) is 17.6 Å². The van der Waals surface area contributed by atoms with Crippen LogP contribution in [0.3, 0.4) is 0 Å². The van der Waals surface area contributed by atoms with Crippen molar-refractivity contribution in [3.05, 3.63) is 29.1 Å². The van der Waals surface area contributed by atoms with Crippen molar-refractivity contribution in [2.75, 3.05) is 13.2 Å². The number of benzene rings is 1. The van der Waals surface area contributed by atoms with Gasteiger partial charge in [-0.25, -0.2) is 4.39 Å². The first-order chi connectivity index (χ1) is 16.1. The van der Waals surface area contributed by atoms with Gasteiger partial charge in [0.2, 0.25) is 0 Å². The molecule has 188 valence electrons. The molecule has 0 spiro atoms. The number of rotatable bonds is 7. The first kappa shape index (κ1) is 24.1. The summed E-state index contributed by atoms with van der Waals surface area (Å²) in [5.74, 6) is 1.61. The molecule has 1 heterocycles. The third-order valence-electron chi connectivity index (χ3n) is 9.03. The fraction of sp³-hybridized carbons (Fsp3) is 0.750. The van der Waals surface area contributed by atoms with Crippen molar-refractivity contribution in [2.45, 2.75) is 90.3 Å².